The summed E-state index contributed by atoms with van der Waals surface area (Å²) in [5, 5.41) is 19.5. The molecule has 0 aliphatic carbocycles. The first-order valence-electron chi connectivity index (χ1n) is 6.80. The van der Waals surface area contributed by atoms with E-state index in [-0.39, 0.29) is 0 Å². The Labute approximate surface area is 119 Å². The predicted octanol–water partition coefficient (Wildman–Crippen LogP) is 2.61. The van der Waals surface area contributed by atoms with E-state index in [1.54, 1.807) is 37.4 Å². The number of benzene rings is 1. The quantitative estimate of drug-likeness (QED) is 0.907. The fourth-order valence-corrected chi connectivity index (χ4v) is 2.27. The third kappa shape index (κ3) is 3.06. The molecule has 104 valence electrons. The Kier molecular flexibility index (Phi) is 4.21. The van der Waals surface area contributed by atoms with Gasteiger partial charge in [0.1, 0.15) is 5.82 Å². The topological polar surface area (TPSA) is 61.8 Å². The normalized spacial score (nSPS) is 13.7. The number of nitriles is 1. The molecular formula is C16H19N3O. The van der Waals surface area contributed by atoms with Crippen LogP contribution in [0.1, 0.15) is 37.2 Å². The van der Waals surface area contributed by atoms with Crippen LogP contribution >= 0.6 is 0 Å². The van der Waals surface area contributed by atoms with Gasteiger partial charge in [-0.3, -0.25) is 0 Å². The molecule has 0 radical (unpaired) electrons. The van der Waals surface area contributed by atoms with E-state index in [9.17, 15) is 5.11 Å². The SMILES string of the molecule is CCCn1ccnc1CC(C)(O)c1ccc(C#N)cc1. The number of imidazole rings is 1. The highest BCUT2D eigenvalue weighted by molar-refractivity contribution is 5.34. The van der Waals surface area contributed by atoms with Gasteiger partial charge in [0.15, 0.2) is 0 Å². The lowest BCUT2D eigenvalue weighted by molar-refractivity contribution is 0.0545. The summed E-state index contributed by atoms with van der Waals surface area (Å²) in [5.41, 5.74) is 0.393. The van der Waals surface area contributed by atoms with Crippen LogP contribution in [0.25, 0.3) is 0 Å². The molecule has 2 aromatic rings. The summed E-state index contributed by atoms with van der Waals surface area (Å²) in [4.78, 5) is 4.33. The zero-order valence-corrected chi connectivity index (χ0v) is 11.9. The summed E-state index contributed by atoms with van der Waals surface area (Å²) < 4.78 is 2.07. The van der Waals surface area contributed by atoms with Crippen LogP contribution in [0.3, 0.4) is 0 Å². The lowest BCUT2D eigenvalue weighted by Crippen LogP contribution is -2.26. The Morgan fingerprint density at radius 2 is 2.05 bits per heavy atom. The van der Waals surface area contributed by atoms with Crippen molar-refractivity contribution in [3.05, 3.63) is 53.6 Å². The van der Waals surface area contributed by atoms with E-state index in [2.05, 4.69) is 22.5 Å². The second-order valence-corrected chi connectivity index (χ2v) is 5.18. The molecule has 0 fully saturated rings. The van der Waals surface area contributed by atoms with Crippen molar-refractivity contribution in [3.8, 4) is 6.07 Å². The molecule has 20 heavy (non-hydrogen) atoms. The van der Waals surface area contributed by atoms with Crippen molar-refractivity contribution in [1.29, 1.82) is 5.26 Å². The van der Waals surface area contributed by atoms with E-state index >= 15 is 0 Å². The van der Waals surface area contributed by atoms with Gasteiger partial charge in [-0.05, 0) is 31.0 Å². The van der Waals surface area contributed by atoms with E-state index in [0.29, 0.717) is 12.0 Å². The first kappa shape index (κ1) is 14.3. The van der Waals surface area contributed by atoms with Crippen molar-refractivity contribution in [2.24, 2.45) is 0 Å². The molecule has 0 saturated heterocycles. The highest BCUT2D eigenvalue weighted by Gasteiger charge is 2.25. The standard InChI is InChI=1S/C16H19N3O/c1-3-9-19-10-8-18-15(19)11-16(2,20)14-6-4-13(12-17)5-7-14/h4-8,10,20H,3,9,11H2,1-2H3. The van der Waals surface area contributed by atoms with Crippen LogP contribution in [0, 0.1) is 11.3 Å². The van der Waals surface area contributed by atoms with E-state index in [1.807, 2.05) is 6.20 Å². The molecular weight excluding hydrogens is 250 g/mol. The summed E-state index contributed by atoms with van der Waals surface area (Å²) in [5.74, 6) is 0.876. The van der Waals surface area contributed by atoms with Crippen molar-refractivity contribution in [2.75, 3.05) is 0 Å². The van der Waals surface area contributed by atoms with Crippen LogP contribution in [0.5, 0.6) is 0 Å². The molecule has 0 amide bonds. The van der Waals surface area contributed by atoms with Gasteiger partial charge < -0.3 is 9.67 Å². The molecule has 0 spiro atoms. The molecule has 1 aromatic carbocycles. The molecule has 2 rings (SSSR count). The molecule has 0 aliphatic rings. The fraction of sp³-hybridized carbons (Fsp3) is 0.375. The molecule has 1 aromatic heterocycles. The Morgan fingerprint density at radius 1 is 1.35 bits per heavy atom. The Bertz CT molecular complexity index is 605. The number of aliphatic hydroxyl groups is 1. The van der Waals surface area contributed by atoms with E-state index < -0.39 is 5.60 Å². The minimum Gasteiger partial charge on any atom is -0.385 e. The molecule has 0 aliphatic heterocycles. The summed E-state index contributed by atoms with van der Waals surface area (Å²) in [6, 6.07) is 9.12. The van der Waals surface area contributed by atoms with Gasteiger partial charge in [0.05, 0.1) is 17.2 Å². The van der Waals surface area contributed by atoms with Gasteiger partial charge >= 0.3 is 0 Å². The minimum atomic E-state index is -0.995. The van der Waals surface area contributed by atoms with Crippen LogP contribution in [0.4, 0.5) is 0 Å². The van der Waals surface area contributed by atoms with E-state index in [1.165, 1.54) is 0 Å². The molecule has 4 nitrogen and oxygen atoms in total. The Morgan fingerprint density at radius 3 is 2.65 bits per heavy atom. The smallest absolute Gasteiger partial charge is 0.111 e. The van der Waals surface area contributed by atoms with Crippen molar-refractivity contribution in [1.82, 2.24) is 9.55 Å². The van der Waals surface area contributed by atoms with Gasteiger partial charge in [0.2, 0.25) is 0 Å². The van der Waals surface area contributed by atoms with E-state index in [4.69, 9.17) is 5.26 Å². The lowest BCUT2D eigenvalue weighted by atomic mass is 9.91. The third-order valence-electron chi connectivity index (χ3n) is 3.40. The summed E-state index contributed by atoms with van der Waals surface area (Å²) in [6.07, 6.45) is 5.18. The third-order valence-corrected chi connectivity index (χ3v) is 3.40. The molecule has 1 atom stereocenters. The van der Waals surface area contributed by atoms with Crippen molar-refractivity contribution in [2.45, 2.75) is 38.8 Å². The van der Waals surface area contributed by atoms with Gasteiger partial charge in [-0.25, -0.2) is 4.98 Å². The maximum Gasteiger partial charge on any atom is 0.111 e. The zero-order valence-electron chi connectivity index (χ0n) is 11.9. The first-order chi connectivity index (χ1) is 9.56. The van der Waals surface area contributed by atoms with Crippen LogP contribution in [0.15, 0.2) is 36.7 Å². The van der Waals surface area contributed by atoms with Crippen LogP contribution in [-0.2, 0) is 18.6 Å². The number of hydrogen-bond acceptors (Lipinski definition) is 3. The van der Waals surface area contributed by atoms with Crippen LogP contribution in [0.2, 0.25) is 0 Å². The number of nitrogens with zero attached hydrogens (tertiary/aromatic N) is 3. The highest BCUT2D eigenvalue weighted by atomic mass is 16.3. The maximum atomic E-state index is 10.7. The number of aryl methyl sites for hydroxylation is 1. The first-order valence-corrected chi connectivity index (χ1v) is 6.80. The highest BCUT2D eigenvalue weighted by Crippen LogP contribution is 2.25. The fourth-order valence-electron chi connectivity index (χ4n) is 2.27. The second kappa shape index (κ2) is 5.89. The van der Waals surface area contributed by atoms with Crippen LogP contribution < -0.4 is 0 Å². The molecule has 0 saturated carbocycles. The maximum absolute atomic E-state index is 10.7. The van der Waals surface area contributed by atoms with Crippen LogP contribution in [-0.4, -0.2) is 14.7 Å². The molecule has 0 bridgehead atoms. The number of rotatable bonds is 5. The molecule has 1 unspecified atom stereocenters. The number of hydrogen-bond donors (Lipinski definition) is 1. The molecule has 1 N–H and O–H groups in total. The van der Waals surface area contributed by atoms with Gasteiger partial charge in [0, 0.05) is 25.4 Å². The molecule has 1 heterocycles. The lowest BCUT2D eigenvalue weighted by Gasteiger charge is -2.24. The van der Waals surface area contributed by atoms with Crippen molar-refractivity contribution in [3.63, 3.8) is 0 Å². The number of aromatic nitrogens is 2. The van der Waals surface area contributed by atoms with Crippen molar-refractivity contribution >= 4 is 0 Å². The molecule has 4 heteroatoms. The zero-order chi connectivity index (χ0) is 14.6. The van der Waals surface area contributed by atoms with Crippen molar-refractivity contribution < 1.29 is 5.11 Å². The summed E-state index contributed by atoms with van der Waals surface area (Å²) >= 11 is 0. The Hall–Kier alpha value is -2.12. The summed E-state index contributed by atoms with van der Waals surface area (Å²) in [7, 11) is 0. The summed E-state index contributed by atoms with van der Waals surface area (Å²) in [6.45, 7) is 4.79. The van der Waals surface area contributed by atoms with Gasteiger partial charge in [-0.1, -0.05) is 19.1 Å². The average molecular weight is 269 g/mol. The van der Waals surface area contributed by atoms with Gasteiger partial charge in [-0.2, -0.15) is 5.26 Å². The van der Waals surface area contributed by atoms with Gasteiger partial charge in [-0.15, -0.1) is 0 Å². The predicted molar refractivity (Wildman–Crippen MR) is 76.9 cm³/mol. The Balaban J connectivity index is 2.21. The van der Waals surface area contributed by atoms with E-state index in [0.717, 1.165) is 24.4 Å². The average Bonchev–Trinajstić information content (AvgIpc) is 2.86. The largest absolute Gasteiger partial charge is 0.385 e. The van der Waals surface area contributed by atoms with Gasteiger partial charge in [0.25, 0.3) is 0 Å². The second-order valence-electron chi connectivity index (χ2n) is 5.18. The minimum absolute atomic E-state index is 0.450. The monoisotopic (exact) mass is 269 g/mol.